The van der Waals surface area contributed by atoms with Gasteiger partial charge in [-0.15, -0.1) is 28.0 Å². The highest BCUT2D eigenvalue weighted by Gasteiger charge is 2.34. The largest absolute Gasteiger partial charge is 0.339 e. The summed E-state index contributed by atoms with van der Waals surface area (Å²) in [6, 6.07) is 7.11. The molecule has 37 heavy (non-hydrogen) atoms. The van der Waals surface area contributed by atoms with E-state index in [-0.39, 0.29) is 24.7 Å². The fourth-order valence-corrected chi connectivity index (χ4v) is 6.17. The van der Waals surface area contributed by atoms with E-state index >= 15 is 0 Å². The molecule has 1 atom stereocenters. The van der Waals surface area contributed by atoms with Crippen LogP contribution in [0.5, 0.6) is 0 Å². The molecule has 0 N–H and O–H groups in total. The van der Waals surface area contributed by atoms with Gasteiger partial charge in [-0.2, -0.15) is 0 Å². The molecule has 2 aromatic heterocycles. The first-order valence-electron chi connectivity index (χ1n) is 12.1. The first-order chi connectivity index (χ1) is 17.8. The minimum absolute atomic E-state index is 0.0291. The van der Waals surface area contributed by atoms with Gasteiger partial charge in [0.2, 0.25) is 11.8 Å². The van der Waals surface area contributed by atoms with E-state index in [4.69, 9.17) is 23.0 Å². The van der Waals surface area contributed by atoms with Crippen molar-refractivity contribution in [3.05, 3.63) is 62.5 Å². The Bertz CT molecular complexity index is 1440. The van der Waals surface area contributed by atoms with Crippen molar-refractivity contribution >= 4 is 40.5 Å². The van der Waals surface area contributed by atoms with Crippen LogP contribution < -0.4 is 0 Å². The minimum atomic E-state index is -0.514. The molecule has 5 rings (SSSR count). The molecule has 2 amide bonds. The van der Waals surface area contributed by atoms with Crippen molar-refractivity contribution in [2.24, 2.45) is 4.99 Å². The fraction of sp³-hybridized carbons (Fsp3) is 0.370. The lowest BCUT2D eigenvalue weighted by atomic mass is 9.99. The number of aryl methyl sites for hydroxylation is 2. The summed E-state index contributed by atoms with van der Waals surface area (Å²) in [7, 11) is 0. The standard InChI is InChI=1S/C27H27ClN6O2S/c1-5-6-22(35)32-11-13-33(14-12-32)23(36)15-21-26-31-30-18(4)34(26)27-24(16(2)17(3)37-27)25(29-21)19-7-9-20(28)10-8-19/h1,7-10,21H,6,11-15H2,2-4H3/t21-/m0/s1. The Hall–Kier alpha value is -3.48. The summed E-state index contributed by atoms with van der Waals surface area (Å²) in [4.78, 5) is 35.5. The number of thiophene rings is 1. The summed E-state index contributed by atoms with van der Waals surface area (Å²) in [5.41, 5.74) is 3.93. The van der Waals surface area contributed by atoms with Crippen LogP contribution in [0.25, 0.3) is 5.00 Å². The number of rotatable bonds is 4. The number of carbonyl (C=O) groups is 2. The van der Waals surface area contributed by atoms with Crippen LogP contribution in [0.1, 0.15) is 52.1 Å². The number of benzene rings is 1. The summed E-state index contributed by atoms with van der Waals surface area (Å²) in [5, 5.41) is 10.5. The number of nitrogens with zero attached hydrogens (tertiary/aromatic N) is 6. The molecule has 0 bridgehead atoms. The smallest absolute Gasteiger partial charge is 0.234 e. The molecule has 1 saturated heterocycles. The van der Waals surface area contributed by atoms with E-state index in [0.29, 0.717) is 37.0 Å². The minimum Gasteiger partial charge on any atom is -0.339 e. The van der Waals surface area contributed by atoms with Crippen LogP contribution in [0, 0.1) is 33.1 Å². The third-order valence-corrected chi connectivity index (χ3v) is 8.41. The number of fused-ring (bicyclic) bond motifs is 3. The van der Waals surface area contributed by atoms with Gasteiger partial charge in [0.25, 0.3) is 0 Å². The maximum Gasteiger partial charge on any atom is 0.234 e. The Morgan fingerprint density at radius 3 is 2.35 bits per heavy atom. The van der Waals surface area contributed by atoms with Gasteiger partial charge in [-0.05, 0) is 38.5 Å². The van der Waals surface area contributed by atoms with E-state index in [1.165, 1.54) is 4.88 Å². The van der Waals surface area contributed by atoms with Crippen LogP contribution in [0.4, 0.5) is 0 Å². The Kier molecular flexibility index (Phi) is 6.88. The third kappa shape index (κ3) is 4.67. The first kappa shape index (κ1) is 25.2. The predicted molar refractivity (Wildman–Crippen MR) is 145 cm³/mol. The highest BCUT2D eigenvalue weighted by Crippen LogP contribution is 2.39. The second-order valence-electron chi connectivity index (χ2n) is 9.25. The van der Waals surface area contributed by atoms with Gasteiger partial charge in [0.05, 0.1) is 18.6 Å². The summed E-state index contributed by atoms with van der Waals surface area (Å²) < 4.78 is 2.04. The Balaban J connectivity index is 1.50. The van der Waals surface area contributed by atoms with Crippen LogP contribution in [-0.2, 0) is 9.59 Å². The number of aliphatic imine (C=N–C) groups is 1. The SMILES string of the molecule is C#CCC(=O)N1CCN(C(=O)C[C@@H]2N=C(c3ccc(Cl)cc3)c3c(sc(C)c3C)-n3c(C)nnc32)CC1. The van der Waals surface area contributed by atoms with E-state index < -0.39 is 6.04 Å². The molecular weight excluding hydrogens is 508 g/mol. The van der Waals surface area contributed by atoms with Crippen molar-refractivity contribution in [1.82, 2.24) is 24.6 Å². The van der Waals surface area contributed by atoms with Crippen molar-refractivity contribution in [2.45, 2.75) is 39.7 Å². The van der Waals surface area contributed by atoms with E-state index in [0.717, 1.165) is 33.2 Å². The summed E-state index contributed by atoms with van der Waals surface area (Å²) in [5.74, 6) is 3.70. The van der Waals surface area contributed by atoms with E-state index in [1.54, 1.807) is 21.1 Å². The Morgan fingerprint density at radius 2 is 1.70 bits per heavy atom. The quantitative estimate of drug-likeness (QED) is 0.475. The van der Waals surface area contributed by atoms with E-state index in [2.05, 4.69) is 30.0 Å². The van der Waals surface area contributed by atoms with Crippen molar-refractivity contribution in [1.29, 1.82) is 0 Å². The Morgan fingerprint density at radius 1 is 1.05 bits per heavy atom. The van der Waals surface area contributed by atoms with Crippen molar-refractivity contribution in [3.8, 4) is 17.3 Å². The lowest BCUT2D eigenvalue weighted by Gasteiger charge is -2.35. The molecule has 8 nitrogen and oxygen atoms in total. The maximum atomic E-state index is 13.5. The molecule has 2 aliphatic rings. The van der Waals surface area contributed by atoms with E-state index in [9.17, 15) is 9.59 Å². The third-order valence-electron chi connectivity index (χ3n) is 6.96. The number of piperazine rings is 1. The monoisotopic (exact) mass is 534 g/mol. The lowest BCUT2D eigenvalue weighted by Crippen LogP contribution is -2.50. The number of carbonyl (C=O) groups excluding carboxylic acids is 2. The first-order valence-corrected chi connectivity index (χ1v) is 13.3. The molecule has 0 radical (unpaired) electrons. The van der Waals surface area contributed by atoms with Crippen LogP contribution in [0.2, 0.25) is 5.02 Å². The second-order valence-corrected chi connectivity index (χ2v) is 10.9. The summed E-state index contributed by atoms with van der Waals surface area (Å²) >= 11 is 7.86. The number of hydrogen-bond acceptors (Lipinski definition) is 6. The molecule has 1 aromatic carbocycles. The van der Waals surface area contributed by atoms with Gasteiger partial charge in [0.15, 0.2) is 5.82 Å². The molecule has 0 saturated carbocycles. The number of halogens is 1. The molecule has 3 aromatic rings. The number of hydrogen-bond donors (Lipinski definition) is 0. The van der Waals surface area contributed by atoms with Crippen molar-refractivity contribution in [2.75, 3.05) is 26.2 Å². The fourth-order valence-electron chi connectivity index (χ4n) is 4.83. The molecule has 0 spiro atoms. The zero-order chi connectivity index (χ0) is 26.3. The number of amides is 2. The molecule has 10 heteroatoms. The summed E-state index contributed by atoms with van der Waals surface area (Å²) in [6.45, 7) is 8.00. The van der Waals surface area contributed by atoms with Gasteiger partial charge in [0.1, 0.15) is 16.9 Å². The molecule has 2 aliphatic heterocycles. The molecular formula is C27H27ClN6O2S. The Labute approximate surface area is 225 Å². The van der Waals surface area contributed by atoms with E-state index in [1.807, 2.05) is 35.8 Å². The average molecular weight is 535 g/mol. The van der Waals surface area contributed by atoms with Gasteiger partial charge in [-0.1, -0.05) is 29.7 Å². The normalized spacial score (nSPS) is 16.9. The maximum absolute atomic E-state index is 13.5. The molecule has 0 aliphatic carbocycles. The number of aromatic nitrogens is 3. The number of terminal acetylenes is 1. The van der Waals surface area contributed by atoms with Crippen molar-refractivity contribution < 1.29 is 9.59 Å². The zero-order valence-electron chi connectivity index (χ0n) is 21.0. The molecule has 190 valence electrons. The van der Waals surface area contributed by atoms with Crippen LogP contribution in [0.15, 0.2) is 29.3 Å². The van der Waals surface area contributed by atoms with Gasteiger partial charge in [-0.3, -0.25) is 19.1 Å². The molecule has 0 unspecified atom stereocenters. The van der Waals surface area contributed by atoms with Crippen molar-refractivity contribution in [3.63, 3.8) is 0 Å². The van der Waals surface area contributed by atoms with Gasteiger partial charge < -0.3 is 9.80 Å². The molecule has 4 heterocycles. The second kappa shape index (κ2) is 10.1. The van der Waals surface area contributed by atoms with Gasteiger partial charge >= 0.3 is 0 Å². The average Bonchev–Trinajstić information content (AvgIpc) is 3.36. The topological polar surface area (TPSA) is 83.7 Å². The highest BCUT2D eigenvalue weighted by atomic mass is 35.5. The van der Waals surface area contributed by atoms with Crippen LogP contribution in [-0.4, -0.2) is 68.3 Å². The van der Waals surface area contributed by atoms with Gasteiger partial charge in [-0.25, -0.2) is 0 Å². The highest BCUT2D eigenvalue weighted by molar-refractivity contribution is 7.15. The lowest BCUT2D eigenvalue weighted by molar-refractivity contribution is -0.139. The summed E-state index contributed by atoms with van der Waals surface area (Å²) in [6.07, 6.45) is 5.51. The molecule has 1 fully saturated rings. The van der Waals surface area contributed by atoms with Gasteiger partial charge in [0, 0.05) is 47.2 Å². The zero-order valence-corrected chi connectivity index (χ0v) is 22.6. The van der Waals surface area contributed by atoms with Crippen LogP contribution in [0.3, 0.4) is 0 Å². The van der Waals surface area contributed by atoms with Crippen LogP contribution >= 0.6 is 22.9 Å². The predicted octanol–water partition coefficient (Wildman–Crippen LogP) is 3.88.